The molecule has 0 spiro atoms. The molecule has 1 unspecified atom stereocenters. The van der Waals surface area contributed by atoms with Crippen LogP contribution in [0.15, 0.2) is 24.3 Å². The predicted octanol–water partition coefficient (Wildman–Crippen LogP) is 3.04. The Morgan fingerprint density at radius 2 is 2.16 bits per heavy atom. The Balaban J connectivity index is 1.86. The summed E-state index contributed by atoms with van der Waals surface area (Å²) in [5.74, 6) is 0.618. The zero-order valence-corrected chi connectivity index (χ0v) is 12.0. The molecule has 2 nitrogen and oxygen atoms in total. The molecule has 1 heterocycles. The van der Waals surface area contributed by atoms with Crippen molar-refractivity contribution in [1.29, 1.82) is 0 Å². The lowest BCUT2D eigenvalue weighted by Crippen LogP contribution is -2.40. The third kappa shape index (κ3) is 4.59. The quantitative estimate of drug-likeness (QED) is 0.879. The van der Waals surface area contributed by atoms with Gasteiger partial charge in [-0.3, -0.25) is 4.90 Å². The van der Waals surface area contributed by atoms with Crippen LogP contribution < -0.4 is 5.32 Å². The highest BCUT2D eigenvalue weighted by Crippen LogP contribution is 2.19. The van der Waals surface area contributed by atoms with Gasteiger partial charge in [0.25, 0.3) is 0 Å². The third-order valence-electron chi connectivity index (χ3n) is 3.77. The molecule has 1 fully saturated rings. The molecular formula is C16H25FN2. The van der Waals surface area contributed by atoms with E-state index in [9.17, 15) is 4.39 Å². The number of nitrogens with zero attached hydrogens (tertiary/aromatic N) is 1. The van der Waals surface area contributed by atoms with E-state index in [1.807, 2.05) is 12.1 Å². The maximum absolute atomic E-state index is 13.7. The Kier molecular flexibility index (Phi) is 5.34. The Morgan fingerprint density at radius 1 is 1.37 bits per heavy atom. The third-order valence-corrected chi connectivity index (χ3v) is 3.77. The Bertz CT molecular complexity index is 392. The van der Waals surface area contributed by atoms with Crippen molar-refractivity contribution in [2.75, 3.05) is 19.6 Å². The minimum absolute atomic E-state index is 0.0788. The second-order valence-corrected chi connectivity index (χ2v) is 5.90. The van der Waals surface area contributed by atoms with Crippen molar-refractivity contribution in [1.82, 2.24) is 10.2 Å². The molecule has 0 saturated carbocycles. The molecule has 1 atom stereocenters. The van der Waals surface area contributed by atoms with Gasteiger partial charge in [0.2, 0.25) is 0 Å². The Labute approximate surface area is 116 Å². The highest BCUT2D eigenvalue weighted by molar-refractivity contribution is 5.17. The lowest BCUT2D eigenvalue weighted by molar-refractivity contribution is 0.162. The van der Waals surface area contributed by atoms with Gasteiger partial charge in [0.1, 0.15) is 5.82 Å². The van der Waals surface area contributed by atoms with Crippen molar-refractivity contribution >= 4 is 0 Å². The Hall–Kier alpha value is -0.930. The van der Waals surface area contributed by atoms with Crippen molar-refractivity contribution in [3.8, 4) is 0 Å². The largest absolute Gasteiger partial charge is 0.314 e. The van der Waals surface area contributed by atoms with Gasteiger partial charge in [-0.05, 0) is 37.9 Å². The molecule has 0 amide bonds. The van der Waals surface area contributed by atoms with E-state index in [1.165, 1.54) is 12.8 Å². The number of piperidine rings is 1. The molecule has 106 valence electrons. The monoisotopic (exact) mass is 264 g/mol. The second kappa shape index (κ2) is 7.01. The van der Waals surface area contributed by atoms with Crippen molar-refractivity contribution in [3.05, 3.63) is 35.6 Å². The summed E-state index contributed by atoms with van der Waals surface area (Å²) >= 11 is 0. The Morgan fingerprint density at radius 3 is 2.89 bits per heavy atom. The van der Waals surface area contributed by atoms with Crippen LogP contribution in [0.25, 0.3) is 0 Å². The zero-order chi connectivity index (χ0) is 13.7. The minimum atomic E-state index is -0.0788. The summed E-state index contributed by atoms with van der Waals surface area (Å²) < 4.78 is 13.7. The van der Waals surface area contributed by atoms with E-state index < -0.39 is 0 Å². The van der Waals surface area contributed by atoms with Gasteiger partial charge in [0, 0.05) is 24.7 Å². The molecule has 0 aliphatic carbocycles. The summed E-state index contributed by atoms with van der Waals surface area (Å²) in [6, 6.07) is 7.66. The van der Waals surface area contributed by atoms with Gasteiger partial charge < -0.3 is 5.32 Å². The van der Waals surface area contributed by atoms with Gasteiger partial charge in [-0.25, -0.2) is 4.39 Å². The van der Waals surface area contributed by atoms with Crippen LogP contribution in [0.2, 0.25) is 0 Å². The highest BCUT2D eigenvalue weighted by Gasteiger charge is 2.20. The predicted molar refractivity (Wildman–Crippen MR) is 77.5 cm³/mol. The summed E-state index contributed by atoms with van der Waals surface area (Å²) in [6.07, 6.45) is 2.51. The average molecular weight is 264 g/mol. The number of nitrogens with one attached hydrogen (secondary N) is 1. The van der Waals surface area contributed by atoms with E-state index in [2.05, 4.69) is 24.1 Å². The SMILES string of the molecule is CC(C)NCC1CCCN(Cc2ccccc2F)C1. The van der Waals surface area contributed by atoms with Gasteiger partial charge in [0.15, 0.2) is 0 Å². The number of halogens is 1. The van der Waals surface area contributed by atoms with Crippen LogP contribution in [0.3, 0.4) is 0 Å². The first-order valence-corrected chi connectivity index (χ1v) is 7.34. The smallest absolute Gasteiger partial charge is 0.127 e. The number of rotatable bonds is 5. The molecule has 0 radical (unpaired) electrons. The van der Waals surface area contributed by atoms with Gasteiger partial charge in [0.05, 0.1) is 0 Å². The lowest BCUT2D eigenvalue weighted by Gasteiger charge is -2.33. The van der Waals surface area contributed by atoms with Gasteiger partial charge >= 0.3 is 0 Å². The molecule has 1 aliphatic rings. The normalized spacial score (nSPS) is 20.9. The fraction of sp³-hybridized carbons (Fsp3) is 0.625. The molecule has 0 aromatic heterocycles. The van der Waals surface area contributed by atoms with Crippen LogP contribution in [-0.2, 0) is 6.54 Å². The van der Waals surface area contributed by atoms with Crippen LogP contribution in [0, 0.1) is 11.7 Å². The molecule has 2 rings (SSSR count). The summed E-state index contributed by atoms with van der Waals surface area (Å²) in [7, 11) is 0. The van der Waals surface area contributed by atoms with Crippen LogP contribution in [0.1, 0.15) is 32.3 Å². The maximum atomic E-state index is 13.7. The summed E-state index contributed by atoms with van der Waals surface area (Å²) in [5, 5.41) is 3.51. The van der Waals surface area contributed by atoms with E-state index in [0.29, 0.717) is 12.0 Å². The minimum Gasteiger partial charge on any atom is -0.314 e. The van der Waals surface area contributed by atoms with Crippen molar-refractivity contribution in [2.24, 2.45) is 5.92 Å². The van der Waals surface area contributed by atoms with Crippen LogP contribution in [-0.4, -0.2) is 30.6 Å². The molecule has 1 aromatic rings. The highest BCUT2D eigenvalue weighted by atomic mass is 19.1. The number of likely N-dealkylation sites (tertiary alicyclic amines) is 1. The van der Waals surface area contributed by atoms with Crippen LogP contribution in [0.4, 0.5) is 4.39 Å². The van der Waals surface area contributed by atoms with Crippen LogP contribution >= 0.6 is 0 Å². The van der Waals surface area contributed by atoms with E-state index in [0.717, 1.165) is 31.7 Å². The molecule has 1 saturated heterocycles. The number of hydrogen-bond donors (Lipinski definition) is 1. The number of benzene rings is 1. The number of hydrogen-bond acceptors (Lipinski definition) is 2. The van der Waals surface area contributed by atoms with Crippen molar-refractivity contribution < 1.29 is 4.39 Å². The van der Waals surface area contributed by atoms with Crippen LogP contribution in [0.5, 0.6) is 0 Å². The molecule has 3 heteroatoms. The summed E-state index contributed by atoms with van der Waals surface area (Å²) in [4.78, 5) is 2.38. The summed E-state index contributed by atoms with van der Waals surface area (Å²) in [6.45, 7) is 8.34. The first-order chi connectivity index (χ1) is 9.15. The second-order valence-electron chi connectivity index (χ2n) is 5.90. The first-order valence-electron chi connectivity index (χ1n) is 7.34. The fourth-order valence-corrected chi connectivity index (χ4v) is 2.73. The molecule has 19 heavy (non-hydrogen) atoms. The van der Waals surface area contributed by atoms with E-state index in [4.69, 9.17) is 0 Å². The molecular weight excluding hydrogens is 239 g/mol. The molecule has 1 aromatic carbocycles. The topological polar surface area (TPSA) is 15.3 Å². The van der Waals surface area contributed by atoms with Gasteiger partial charge in [-0.2, -0.15) is 0 Å². The molecule has 0 bridgehead atoms. The standard InChI is InChI=1S/C16H25FN2/c1-13(2)18-10-14-6-5-9-19(11-14)12-15-7-3-4-8-16(15)17/h3-4,7-8,13-14,18H,5-6,9-12H2,1-2H3. The lowest BCUT2D eigenvalue weighted by atomic mass is 9.97. The van der Waals surface area contributed by atoms with Gasteiger partial charge in [-0.15, -0.1) is 0 Å². The molecule has 1 aliphatic heterocycles. The zero-order valence-electron chi connectivity index (χ0n) is 12.0. The van der Waals surface area contributed by atoms with Crippen molar-refractivity contribution in [2.45, 2.75) is 39.3 Å². The fourth-order valence-electron chi connectivity index (χ4n) is 2.73. The maximum Gasteiger partial charge on any atom is 0.127 e. The molecule has 1 N–H and O–H groups in total. The summed E-state index contributed by atoms with van der Waals surface area (Å²) in [5.41, 5.74) is 0.819. The van der Waals surface area contributed by atoms with Gasteiger partial charge in [-0.1, -0.05) is 32.0 Å². The first kappa shape index (κ1) is 14.5. The average Bonchev–Trinajstić information content (AvgIpc) is 2.40. The van der Waals surface area contributed by atoms with E-state index >= 15 is 0 Å². The van der Waals surface area contributed by atoms with E-state index in [-0.39, 0.29) is 5.82 Å². The van der Waals surface area contributed by atoms with Crippen molar-refractivity contribution in [3.63, 3.8) is 0 Å². The van der Waals surface area contributed by atoms with E-state index in [1.54, 1.807) is 12.1 Å².